The van der Waals surface area contributed by atoms with Gasteiger partial charge in [-0.05, 0) is 50.3 Å². The number of nitrogen functional groups attached to an aromatic ring is 1. The molecule has 0 amide bonds. The third-order valence-corrected chi connectivity index (χ3v) is 3.31. The van der Waals surface area contributed by atoms with E-state index in [9.17, 15) is 0 Å². The highest BCUT2D eigenvalue weighted by Crippen LogP contribution is 2.27. The molecule has 4 nitrogen and oxygen atoms in total. The summed E-state index contributed by atoms with van der Waals surface area (Å²) in [4.78, 5) is 4.33. The number of nitrogens with two attached hydrogens (primary N) is 1. The van der Waals surface area contributed by atoms with Crippen LogP contribution in [0.2, 0.25) is 0 Å². The quantitative estimate of drug-likeness (QED) is 0.812. The summed E-state index contributed by atoms with van der Waals surface area (Å²) < 4.78 is 1.78. The van der Waals surface area contributed by atoms with Crippen molar-refractivity contribution in [3.05, 3.63) is 35.2 Å². The van der Waals surface area contributed by atoms with Gasteiger partial charge in [0.2, 0.25) is 0 Å². The fraction of sp³-hybridized carbons (Fsp3) is 0.385. The highest BCUT2D eigenvalue weighted by atomic mass is 15.3. The van der Waals surface area contributed by atoms with E-state index < -0.39 is 0 Å². The largest absolute Gasteiger partial charge is 0.383 e. The Morgan fingerprint density at radius 3 is 2.88 bits per heavy atom. The molecule has 0 unspecified atom stereocenters. The number of pyridine rings is 1. The van der Waals surface area contributed by atoms with Crippen molar-refractivity contribution < 1.29 is 0 Å². The van der Waals surface area contributed by atoms with Gasteiger partial charge in [-0.25, -0.2) is 4.98 Å². The van der Waals surface area contributed by atoms with E-state index >= 15 is 0 Å². The monoisotopic (exact) mass is 228 g/mol. The third-order valence-electron chi connectivity index (χ3n) is 3.31. The van der Waals surface area contributed by atoms with Gasteiger partial charge in [-0.3, -0.25) is 0 Å². The van der Waals surface area contributed by atoms with Crippen molar-refractivity contribution in [1.29, 1.82) is 0 Å². The van der Waals surface area contributed by atoms with Crippen LogP contribution in [-0.4, -0.2) is 14.8 Å². The molecule has 0 saturated carbocycles. The second kappa shape index (κ2) is 3.87. The number of hydrogen-bond donors (Lipinski definition) is 1. The van der Waals surface area contributed by atoms with Gasteiger partial charge in [-0.1, -0.05) is 0 Å². The third kappa shape index (κ3) is 1.69. The standard InChI is InChI=1S/C13H16N4/c1-9-6-7-15-12(8-9)17-13(14)10-4-2-3-5-11(10)16-17/h6-8H,2-5,14H2,1H3. The molecule has 4 heteroatoms. The van der Waals surface area contributed by atoms with Crippen molar-refractivity contribution in [2.24, 2.45) is 0 Å². The molecular formula is C13H16N4. The molecule has 0 radical (unpaired) electrons. The normalized spacial score (nSPS) is 14.6. The van der Waals surface area contributed by atoms with Gasteiger partial charge in [0.05, 0.1) is 5.69 Å². The Labute approximate surface area is 100 Å². The maximum Gasteiger partial charge on any atom is 0.155 e. The minimum atomic E-state index is 0.762. The minimum Gasteiger partial charge on any atom is -0.383 e. The van der Waals surface area contributed by atoms with Crippen molar-refractivity contribution in [2.75, 3.05) is 5.73 Å². The zero-order chi connectivity index (χ0) is 11.8. The van der Waals surface area contributed by atoms with Crippen LogP contribution in [0, 0.1) is 6.92 Å². The molecule has 0 bridgehead atoms. The molecule has 1 aliphatic carbocycles. The summed E-state index contributed by atoms with van der Waals surface area (Å²) in [5.74, 6) is 1.58. The number of aromatic nitrogens is 3. The Kier molecular flexibility index (Phi) is 2.35. The first-order chi connectivity index (χ1) is 8.25. The van der Waals surface area contributed by atoms with Crippen molar-refractivity contribution in [2.45, 2.75) is 32.6 Å². The van der Waals surface area contributed by atoms with Crippen molar-refractivity contribution >= 4 is 5.82 Å². The van der Waals surface area contributed by atoms with E-state index in [-0.39, 0.29) is 0 Å². The molecule has 3 rings (SSSR count). The van der Waals surface area contributed by atoms with Gasteiger partial charge in [0, 0.05) is 11.8 Å². The highest BCUT2D eigenvalue weighted by Gasteiger charge is 2.19. The molecule has 88 valence electrons. The van der Waals surface area contributed by atoms with E-state index in [1.54, 1.807) is 10.9 Å². The second-order valence-corrected chi connectivity index (χ2v) is 4.62. The minimum absolute atomic E-state index is 0.762. The summed E-state index contributed by atoms with van der Waals surface area (Å²) in [7, 11) is 0. The Hall–Kier alpha value is -1.84. The average Bonchev–Trinajstić information content (AvgIpc) is 2.68. The maximum absolute atomic E-state index is 6.17. The van der Waals surface area contributed by atoms with E-state index in [4.69, 9.17) is 5.73 Å². The smallest absolute Gasteiger partial charge is 0.155 e. The van der Waals surface area contributed by atoms with Crippen LogP contribution in [0.3, 0.4) is 0 Å². The predicted molar refractivity (Wildman–Crippen MR) is 67.2 cm³/mol. The van der Waals surface area contributed by atoms with Crippen LogP contribution in [0.5, 0.6) is 0 Å². The van der Waals surface area contributed by atoms with Crippen molar-refractivity contribution in [1.82, 2.24) is 14.8 Å². The number of rotatable bonds is 1. The van der Waals surface area contributed by atoms with Gasteiger partial charge in [0.1, 0.15) is 5.82 Å². The van der Waals surface area contributed by atoms with Gasteiger partial charge in [0.15, 0.2) is 5.82 Å². The zero-order valence-corrected chi connectivity index (χ0v) is 9.98. The summed E-state index contributed by atoms with van der Waals surface area (Å²) in [5.41, 5.74) is 9.71. The molecule has 0 atom stereocenters. The molecule has 2 aromatic rings. The lowest BCUT2D eigenvalue weighted by molar-refractivity contribution is 0.670. The van der Waals surface area contributed by atoms with Crippen LogP contribution in [-0.2, 0) is 12.8 Å². The summed E-state index contributed by atoms with van der Waals surface area (Å²) in [6.07, 6.45) is 6.31. The second-order valence-electron chi connectivity index (χ2n) is 4.62. The van der Waals surface area contributed by atoms with Gasteiger partial charge < -0.3 is 5.73 Å². The van der Waals surface area contributed by atoms with E-state index in [2.05, 4.69) is 10.1 Å². The first-order valence-corrected chi connectivity index (χ1v) is 6.05. The lowest BCUT2D eigenvalue weighted by Gasteiger charge is -2.08. The van der Waals surface area contributed by atoms with Crippen LogP contribution in [0.25, 0.3) is 5.82 Å². The van der Waals surface area contributed by atoms with E-state index in [1.165, 1.54) is 24.0 Å². The van der Waals surface area contributed by atoms with Crippen molar-refractivity contribution in [3.63, 3.8) is 0 Å². The Balaban J connectivity index is 2.12. The van der Waals surface area contributed by atoms with Gasteiger partial charge >= 0.3 is 0 Å². The molecule has 0 aliphatic heterocycles. The van der Waals surface area contributed by atoms with Gasteiger partial charge in [-0.2, -0.15) is 9.78 Å². The molecule has 0 aromatic carbocycles. The number of fused-ring (bicyclic) bond motifs is 1. The summed E-state index contributed by atoms with van der Waals surface area (Å²) in [6, 6.07) is 3.98. The summed E-state index contributed by atoms with van der Waals surface area (Å²) in [5, 5.41) is 4.59. The van der Waals surface area contributed by atoms with Gasteiger partial charge in [-0.15, -0.1) is 0 Å². The Morgan fingerprint density at radius 1 is 1.29 bits per heavy atom. The maximum atomic E-state index is 6.17. The average molecular weight is 228 g/mol. The zero-order valence-electron chi connectivity index (χ0n) is 9.98. The fourth-order valence-electron chi connectivity index (χ4n) is 2.39. The number of hydrogen-bond acceptors (Lipinski definition) is 3. The highest BCUT2D eigenvalue weighted by molar-refractivity contribution is 5.49. The van der Waals surface area contributed by atoms with E-state index in [0.717, 1.165) is 30.2 Å². The first-order valence-electron chi connectivity index (χ1n) is 6.05. The van der Waals surface area contributed by atoms with Crippen LogP contribution in [0.1, 0.15) is 29.7 Å². The molecule has 2 N–H and O–H groups in total. The molecular weight excluding hydrogens is 212 g/mol. The Morgan fingerprint density at radius 2 is 2.12 bits per heavy atom. The van der Waals surface area contributed by atoms with Crippen LogP contribution in [0.4, 0.5) is 5.82 Å². The molecule has 0 spiro atoms. The molecule has 2 aromatic heterocycles. The lowest BCUT2D eigenvalue weighted by atomic mass is 9.98. The fourth-order valence-corrected chi connectivity index (χ4v) is 2.39. The van der Waals surface area contributed by atoms with Crippen LogP contribution in [0.15, 0.2) is 18.3 Å². The van der Waals surface area contributed by atoms with E-state index in [0.29, 0.717) is 0 Å². The SMILES string of the molecule is Cc1ccnc(-n2nc3c(c2N)CCCC3)c1. The molecule has 0 fully saturated rings. The number of aryl methyl sites for hydroxylation is 2. The topological polar surface area (TPSA) is 56.7 Å². The van der Waals surface area contributed by atoms with Crippen molar-refractivity contribution in [3.8, 4) is 5.82 Å². The molecule has 17 heavy (non-hydrogen) atoms. The molecule has 0 saturated heterocycles. The number of nitrogens with zero attached hydrogens (tertiary/aromatic N) is 3. The van der Waals surface area contributed by atoms with Gasteiger partial charge in [0.25, 0.3) is 0 Å². The van der Waals surface area contributed by atoms with Crippen LogP contribution < -0.4 is 5.73 Å². The Bertz CT molecular complexity index is 557. The first kappa shape index (κ1) is 10.3. The summed E-state index contributed by atoms with van der Waals surface area (Å²) >= 11 is 0. The predicted octanol–water partition coefficient (Wildman–Crippen LogP) is 2.04. The van der Waals surface area contributed by atoms with Crippen LogP contribution >= 0.6 is 0 Å². The summed E-state index contributed by atoms with van der Waals surface area (Å²) in [6.45, 7) is 2.05. The molecule has 2 heterocycles. The molecule has 1 aliphatic rings. The number of anilines is 1. The lowest BCUT2D eigenvalue weighted by Crippen LogP contribution is -2.05. The van der Waals surface area contributed by atoms with E-state index in [1.807, 2.05) is 19.1 Å².